The van der Waals surface area contributed by atoms with Crippen LogP contribution in [-0.2, 0) is 6.42 Å². The van der Waals surface area contributed by atoms with E-state index in [1.165, 1.54) is 0 Å². The summed E-state index contributed by atoms with van der Waals surface area (Å²) in [7, 11) is 0. The minimum atomic E-state index is -0.148. The molecule has 0 fully saturated rings. The average molecular weight is 334 g/mol. The van der Waals surface area contributed by atoms with Crippen LogP contribution < -0.4 is 5.32 Å². The van der Waals surface area contributed by atoms with Crippen molar-refractivity contribution in [2.24, 2.45) is 0 Å². The zero-order valence-electron chi connectivity index (χ0n) is 11.7. The smallest absolute Gasteiger partial charge is 0.257 e. The normalized spacial score (nSPS) is 10.4. The van der Waals surface area contributed by atoms with E-state index in [0.717, 1.165) is 21.4 Å². The van der Waals surface area contributed by atoms with Crippen LogP contribution in [-0.4, -0.2) is 16.1 Å². The van der Waals surface area contributed by atoms with Crippen molar-refractivity contribution in [2.75, 3.05) is 5.32 Å². The van der Waals surface area contributed by atoms with Gasteiger partial charge in [-0.2, -0.15) is 10.2 Å². The van der Waals surface area contributed by atoms with Crippen molar-refractivity contribution >= 4 is 27.5 Å². The molecule has 1 amide bonds. The van der Waals surface area contributed by atoms with Crippen molar-refractivity contribution in [3.63, 3.8) is 0 Å². The van der Waals surface area contributed by atoms with Crippen LogP contribution in [0.1, 0.15) is 34.2 Å². The maximum atomic E-state index is 12.4. The van der Waals surface area contributed by atoms with Crippen LogP contribution in [0.5, 0.6) is 0 Å². The molecule has 1 heterocycles. The van der Waals surface area contributed by atoms with Crippen LogP contribution >= 0.6 is 15.9 Å². The molecule has 20 heavy (non-hydrogen) atoms. The van der Waals surface area contributed by atoms with Crippen LogP contribution in [0.15, 0.2) is 28.7 Å². The fraction of sp³-hybridized carbons (Fsp3) is 0.267. The lowest BCUT2D eigenvalue weighted by molar-refractivity contribution is 0.102. The summed E-state index contributed by atoms with van der Waals surface area (Å²) in [6, 6.07) is 7.52. The molecule has 0 radical (unpaired) electrons. The largest absolute Gasteiger partial charge is 0.322 e. The summed E-state index contributed by atoms with van der Waals surface area (Å²) < 4.78 is 0.990. The summed E-state index contributed by atoms with van der Waals surface area (Å²) in [5.74, 6) is -0.148. The minimum Gasteiger partial charge on any atom is -0.322 e. The zero-order chi connectivity index (χ0) is 14.7. The standard InChI is InChI=1S/C15H16BrN3O/c1-4-13-12(8-10(3)18-19-13)15(20)17-14-6-5-11(16)7-9(14)2/h5-8H,4H2,1-3H3,(H,17,20). The minimum absolute atomic E-state index is 0.148. The molecule has 2 aromatic rings. The van der Waals surface area contributed by atoms with Crippen LogP contribution in [0.2, 0.25) is 0 Å². The summed E-state index contributed by atoms with van der Waals surface area (Å²) in [6.45, 7) is 5.74. The predicted molar refractivity (Wildman–Crippen MR) is 83.0 cm³/mol. The molecule has 0 aliphatic carbocycles. The van der Waals surface area contributed by atoms with Crippen LogP contribution in [0.4, 0.5) is 5.69 Å². The fourth-order valence-electron chi connectivity index (χ4n) is 1.93. The molecule has 0 spiro atoms. The fourth-order valence-corrected chi connectivity index (χ4v) is 2.40. The van der Waals surface area contributed by atoms with Crippen molar-refractivity contribution in [3.8, 4) is 0 Å². The summed E-state index contributed by atoms with van der Waals surface area (Å²) in [5, 5.41) is 11.0. The van der Waals surface area contributed by atoms with Gasteiger partial charge in [0, 0.05) is 10.2 Å². The van der Waals surface area contributed by atoms with E-state index in [1.54, 1.807) is 6.07 Å². The maximum Gasteiger partial charge on any atom is 0.257 e. The molecule has 0 saturated carbocycles. The zero-order valence-corrected chi connectivity index (χ0v) is 13.3. The first-order valence-corrected chi connectivity index (χ1v) is 7.21. The van der Waals surface area contributed by atoms with E-state index >= 15 is 0 Å². The van der Waals surface area contributed by atoms with Gasteiger partial charge in [0.15, 0.2) is 0 Å². The lowest BCUT2D eigenvalue weighted by atomic mass is 10.1. The quantitative estimate of drug-likeness (QED) is 0.932. The maximum absolute atomic E-state index is 12.4. The first-order chi connectivity index (χ1) is 9.51. The molecule has 104 valence electrons. The highest BCUT2D eigenvalue weighted by Crippen LogP contribution is 2.21. The van der Waals surface area contributed by atoms with Crippen molar-refractivity contribution < 1.29 is 4.79 Å². The van der Waals surface area contributed by atoms with E-state index in [9.17, 15) is 4.79 Å². The van der Waals surface area contributed by atoms with Gasteiger partial charge in [0.25, 0.3) is 5.91 Å². The van der Waals surface area contributed by atoms with Crippen LogP contribution in [0, 0.1) is 13.8 Å². The second-order valence-corrected chi connectivity index (χ2v) is 5.53. The van der Waals surface area contributed by atoms with E-state index in [4.69, 9.17) is 0 Å². The average Bonchev–Trinajstić information content (AvgIpc) is 2.41. The lowest BCUT2D eigenvalue weighted by Crippen LogP contribution is -2.16. The number of carbonyl (C=O) groups is 1. The van der Waals surface area contributed by atoms with Crippen LogP contribution in [0.25, 0.3) is 0 Å². The van der Waals surface area contributed by atoms with Crippen LogP contribution in [0.3, 0.4) is 0 Å². The van der Waals surface area contributed by atoms with Gasteiger partial charge in [-0.15, -0.1) is 0 Å². The van der Waals surface area contributed by atoms with Gasteiger partial charge in [-0.1, -0.05) is 22.9 Å². The number of nitrogens with zero attached hydrogens (tertiary/aromatic N) is 2. The molecule has 1 N–H and O–H groups in total. The Hall–Kier alpha value is -1.75. The van der Waals surface area contributed by atoms with Gasteiger partial charge in [0.2, 0.25) is 0 Å². The van der Waals surface area contributed by atoms with Crippen molar-refractivity contribution in [1.82, 2.24) is 10.2 Å². The molecule has 1 aromatic heterocycles. The number of nitrogens with one attached hydrogen (secondary N) is 1. The number of hydrogen-bond acceptors (Lipinski definition) is 3. The number of halogens is 1. The summed E-state index contributed by atoms with van der Waals surface area (Å²) in [5.41, 5.74) is 3.84. The van der Waals surface area contributed by atoms with Gasteiger partial charge in [-0.25, -0.2) is 0 Å². The molecule has 1 aromatic carbocycles. The third-order valence-corrected chi connectivity index (χ3v) is 3.50. The molecule has 0 aliphatic heterocycles. The van der Waals surface area contributed by atoms with Crippen molar-refractivity contribution in [1.29, 1.82) is 0 Å². The Kier molecular flexibility index (Phi) is 4.49. The summed E-state index contributed by atoms with van der Waals surface area (Å²) in [6.07, 6.45) is 0.676. The van der Waals surface area contributed by atoms with E-state index in [0.29, 0.717) is 17.7 Å². The molecular weight excluding hydrogens is 318 g/mol. The van der Waals surface area contributed by atoms with E-state index in [2.05, 4.69) is 31.4 Å². The van der Waals surface area contributed by atoms with Gasteiger partial charge in [-0.05, 0) is 50.1 Å². The van der Waals surface area contributed by atoms with E-state index < -0.39 is 0 Å². The van der Waals surface area contributed by atoms with Gasteiger partial charge in [0.05, 0.1) is 17.0 Å². The number of aromatic nitrogens is 2. The Bertz CT molecular complexity index is 656. The van der Waals surface area contributed by atoms with Gasteiger partial charge < -0.3 is 5.32 Å². The third-order valence-electron chi connectivity index (χ3n) is 3.01. The molecule has 0 aliphatic rings. The highest BCUT2D eigenvalue weighted by molar-refractivity contribution is 9.10. The first kappa shape index (κ1) is 14.7. The van der Waals surface area contributed by atoms with E-state index in [1.807, 2.05) is 39.0 Å². The van der Waals surface area contributed by atoms with Gasteiger partial charge in [-0.3, -0.25) is 4.79 Å². The molecule has 0 saturated heterocycles. The number of benzene rings is 1. The number of rotatable bonds is 3. The monoisotopic (exact) mass is 333 g/mol. The second kappa shape index (κ2) is 6.13. The Labute approximate surface area is 126 Å². The number of anilines is 1. The topological polar surface area (TPSA) is 54.9 Å². The Morgan fingerprint density at radius 2 is 2.00 bits per heavy atom. The van der Waals surface area contributed by atoms with E-state index in [-0.39, 0.29) is 5.91 Å². The number of amides is 1. The van der Waals surface area contributed by atoms with Gasteiger partial charge >= 0.3 is 0 Å². The Morgan fingerprint density at radius 3 is 2.65 bits per heavy atom. The molecule has 5 heteroatoms. The number of aryl methyl sites for hydroxylation is 3. The molecular formula is C15H16BrN3O. The van der Waals surface area contributed by atoms with Crippen molar-refractivity contribution in [3.05, 3.63) is 51.3 Å². The Morgan fingerprint density at radius 1 is 1.25 bits per heavy atom. The van der Waals surface area contributed by atoms with Crippen molar-refractivity contribution in [2.45, 2.75) is 27.2 Å². The lowest BCUT2D eigenvalue weighted by Gasteiger charge is -2.11. The molecule has 2 rings (SSSR count). The molecule has 4 nitrogen and oxygen atoms in total. The Balaban J connectivity index is 2.30. The number of carbonyl (C=O) groups excluding carboxylic acids is 1. The highest BCUT2D eigenvalue weighted by Gasteiger charge is 2.14. The van der Waals surface area contributed by atoms with Gasteiger partial charge in [0.1, 0.15) is 0 Å². The highest BCUT2D eigenvalue weighted by atomic mass is 79.9. The molecule has 0 atom stereocenters. The molecule has 0 unspecified atom stereocenters. The molecule has 0 bridgehead atoms. The SMILES string of the molecule is CCc1nnc(C)cc1C(=O)Nc1ccc(Br)cc1C. The number of hydrogen-bond donors (Lipinski definition) is 1. The summed E-state index contributed by atoms with van der Waals surface area (Å²) in [4.78, 5) is 12.4. The second-order valence-electron chi connectivity index (χ2n) is 4.61. The summed E-state index contributed by atoms with van der Waals surface area (Å²) >= 11 is 3.41. The first-order valence-electron chi connectivity index (χ1n) is 6.42. The third kappa shape index (κ3) is 3.22. The predicted octanol–water partition coefficient (Wildman–Crippen LogP) is 3.67.